The van der Waals surface area contributed by atoms with E-state index in [-0.39, 0.29) is 5.78 Å². The Balaban J connectivity index is 1.97. The van der Waals surface area contributed by atoms with Gasteiger partial charge in [-0.05, 0) is 57.9 Å². The van der Waals surface area contributed by atoms with Gasteiger partial charge >= 0.3 is 0 Å². The Labute approximate surface area is 119 Å². The highest BCUT2D eigenvalue weighted by molar-refractivity contribution is 9.10. The lowest BCUT2D eigenvalue weighted by atomic mass is 10.00. The van der Waals surface area contributed by atoms with Crippen molar-refractivity contribution in [2.24, 2.45) is 0 Å². The summed E-state index contributed by atoms with van der Waals surface area (Å²) in [6.45, 7) is 0.693. The summed E-state index contributed by atoms with van der Waals surface area (Å²) in [5.41, 5.74) is 8.74. The predicted octanol–water partition coefficient (Wildman–Crippen LogP) is 3.20. The summed E-state index contributed by atoms with van der Waals surface area (Å²) in [4.78, 5) is 12.4. The minimum atomic E-state index is -0.0195. The van der Waals surface area contributed by atoms with E-state index in [0.717, 1.165) is 22.2 Å². The number of nitrogen functional groups attached to an aromatic ring is 1. The Bertz CT molecular complexity index is 667. The Morgan fingerprint density at radius 3 is 2.68 bits per heavy atom. The molecule has 3 nitrogen and oxygen atoms in total. The highest BCUT2D eigenvalue weighted by atomic mass is 79.9. The number of ether oxygens (including phenoxy) is 1. The molecule has 0 unspecified atom stereocenters. The number of ketones is 1. The smallest absolute Gasteiger partial charge is 0.193 e. The average molecular weight is 318 g/mol. The lowest BCUT2D eigenvalue weighted by Crippen LogP contribution is -2.03. The highest BCUT2D eigenvalue weighted by Crippen LogP contribution is 2.27. The van der Waals surface area contributed by atoms with Crippen LogP contribution in [-0.2, 0) is 6.42 Å². The van der Waals surface area contributed by atoms with E-state index in [4.69, 9.17) is 10.5 Å². The minimum absolute atomic E-state index is 0.0195. The molecule has 1 aliphatic rings. The Kier molecular flexibility index (Phi) is 3.03. The van der Waals surface area contributed by atoms with Crippen LogP contribution in [-0.4, -0.2) is 12.4 Å². The van der Waals surface area contributed by atoms with E-state index in [1.807, 2.05) is 12.1 Å². The zero-order chi connectivity index (χ0) is 13.4. The van der Waals surface area contributed by atoms with Gasteiger partial charge in [0, 0.05) is 27.7 Å². The van der Waals surface area contributed by atoms with Gasteiger partial charge in [-0.1, -0.05) is 0 Å². The lowest BCUT2D eigenvalue weighted by Gasteiger charge is -2.05. The monoisotopic (exact) mass is 317 g/mol. The Morgan fingerprint density at radius 1 is 1.16 bits per heavy atom. The van der Waals surface area contributed by atoms with Crippen LogP contribution in [0.15, 0.2) is 40.9 Å². The van der Waals surface area contributed by atoms with Gasteiger partial charge in [0.05, 0.1) is 6.61 Å². The number of fused-ring (bicyclic) bond motifs is 1. The van der Waals surface area contributed by atoms with E-state index in [2.05, 4.69) is 15.9 Å². The molecule has 0 saturated carbocycles. The van der Waals surface area contributed by atoms with Gasteiger partial charge in [-0.2, -0.15) is 0 Å². The van der Waals surface area contributed by atoms with Crippen LogP contribution in [0.4, 0.5) is 5.69 Å². The van der Waals surface area contributed by atoms with Gasteiger partial charge in [0.15, 0.2) is 5.78 Å². The molecule has 0 spiro atoms. The number of hydrogen-bond acceptors (Lipinski definition) is 3. The molecule has 0 saturated heterocycles. The maximum Gasteiger partial charge on any atom is 0.193 e. The number of carbonyl (C=O) groups excluding carboxylic acids is 1. The van der Waals surface area contributed by atoms with Crippen molar-refractivity contribution in [3.63, 3.8) is 0 Å². The first-order chi connectivity index (χ1) is 9.15. The topological polar surface area (TPSA) is 52.3 Å². The molecule has 1 aliphatic heterocycles. The number of benzene rings is 2. The van der Waals surface area contributed by atoms with Gasteiger partial charge in [0.2, 0.25) is 0 Å². The maximum atomic E-state index is 12.4. The second kappa shape index (κ2) is 4.70. The third-order valence-electron chi connectivity index (χ3n) is 3.21. The number of halogens is 1. The predicted molar refractivity (Wildman–Crippen MR) is 77.6 cm³/mol. The third-order valence-corrected chi connectivity index (χ3v) is 3.93. The summed E-state index contributed by atoms with van der Waals surface area (Å²) in [6.07, 6.45) is 0.860. The summed E-state index contributed by atoms with van der Waals surface area (Å²) in [5, 5.41) is 0. The third kappa shape index (κ3) is 2.24. The number of rotatable bonds is 2. The molecule has 0 radical (unpaired) electrons. The highest BCUT2D eigenvalue weighted by Gasteiger charge is 2.16. The van der Waals surface area contributed by atoms with Gasteiger partial charge in [-0.15, -0.1) is 0 Å². The van der Waals surface area contributed by atoms with Crippen molar-refractivity contribution in [2.75, 3.05) is 12.3 Å². The van der Waals surface area contributed by atoms with Crippen LogP contribution in [0, 0.1) is 0 Å². The first kappa shape index (κ1) is 12.2. The van der Waals surface area contributed by atoms with Crippen LogP contribution in [0.3, 0.4) is 0 Å². The van der Waals surface area contributed by atoms with Crippen LogP contribution in [0.2, 0.25) is 0 Å². The van der Waals surface area contributed by atoms with Gasteiger partial charge in [-0.3, -0.25) is 4.79 Å². The molecule has 0 bridgehead atoms. The molecule has 0 atom stereocenters. The summed E-state index contributed by atoms with van der Waals surface area (Å²) >= 11 is 3.32. The molecule has 4 heteroatoms. The molecule has 96 valence electrons. The molecule has 0 amide bonds. The fourth-order valence-electron chi connectivity index (χ4n) is 2.18. The SMILES string of the molecule is Nc1cc(C(=O)c2ccc3c(c2)CCO3)ccc1Br. The fourth-order valence-corrected chi connectivity index (χ4v) is 2.43. The molecule has 0 fully saturated rings. The quantitative estimate of drug-likeness (QED) is 0.683. The van der Waals surface area contributed by atoms with Crippen molar-refractivity contribution < 1.29 is 9.53 Å². The second-order valence-electron chi connectivity index (χ2n) is 4.49. The van der Waals surface area contributed by atoms with E-state index in [1.165, 1.54) is 0 Å². The van der Waals surface area contributed by atoms with Crippen LogP contribution < -0.4 is 10.5 Å². The minimum Gasteiger partial charge on any atom is -0.493 e. The largest absolute Gasteiger partial charge is 0.493 e. The number of nitrogens with two attached hydrogens (primary N) is 1. The van der Waals surface area contributed by atoms with Crippen molar-refractivity contribution >= 4 is 27.4 Å². The molecule has 19 heavy (non-hydrogen) atoms. The molecule has 1 heterocycles. The van der Waals surface area contributed by atoms with Crippen molar-refractivity contribution in [3.8, 4) is 5.75 Å². The number of hydrogen-bond donors (Lipinski definition) is 1. The van der Waals surface area contributed by atoms with Gasteiger partial charge in [0.25, 0.3) is 0 Å². The van der Waals surface area contributed by atoms with E-state index in [1.54, 1.807) is 24.3 Å². The van der Waals surface area contributed by atoms with Crippen molar-refractivity contribution in [1.29, 1.82) is 0 Å². The fraction of sp³-hybridized carbons (Fsp3) is 0.133. The summed E-state index contributed by atoms with van der Waals surface area (Å²) in [7, 11) is 0. The molecule has 2 aromatic carbocycles. The van der Waals surface area contributed by atoms with Crippen molar-refractivity contribution in [2.45, 2.75) is 6.42 Å². The molecule has 0 aromatic heterocycles. The molecular formula is C15H12BrNO2. The summed E-state index contributed by atoms with van der Waals surface area (Å²) < 4.78 is 6.23. The number of carbonyl (C=O) groups is 1. The Hall–Kier alpha value is -1.81. The van der Waals surface area contributed by atoms with Gasteiger partial charge in [-0.25, -0.2) is 0 Å². The van der Waals surface area contributed by atoms with Crippen molar-refractivity contribution in [3.05, 3.63) is 57.6 Å². The van der Waals surface area contributed by atoms with E-state index in [9.17, 15) is 4.79 Å². The van der Waals surface area contributed by atoms with Crippen LogP contribution >= 0.6 is 15.9 Å². The van der Waals surface area contributed by atoms with Gasteiger partial charge < -0.3 is 10.5 Å². The second-order valence-corrected chi connectivity index (χ2v) is 5.34. The molecule has 3 rings (SSSR count). The normalized spacial score (nSPS) is 12.9. The van der Waals surface area contributed by atoms with E-state index >= 15 is 0 Å². The van der Waals surface area contributed by atoms with Crippen molar-refractivity contribution in [1.82, 2.24) is 0 Å². The maximum absolute atomic E-state index is 12.4. The Morgan fingerprint density at radius 2 is 1.89 bits per heavy atom. The lowest BCUT2D eigenvalue weighted by molar-refractivity contribution is 0.103. The molecular weight excluding hydrogens is 306 g/mol. The zero-order valence-electron chi connectivity index (χ0n) is 10.2. The zero-order valence-corrected chi connectivity index (χ0v) is 11.7. The summed E-state index contributed by atoms with van der Waals surface area (Å²) in [6, 6.07) is 10.8. The van der Waals surface area contributed by atoms with Gasteiger partial charge in [0.1, 0.15) is 5.75 Å². The summed E-state index contributed by atoms with van der Waals surface area (Å²) in [5.74, 6) is 0.862. The first-order valence-electron chi connectivity index (χ1n) is 6.00. The van der Waals surface area contributed by atoms with Crippen LogP contribution in [0.1, 0.15) is 21.5 Å². The van der Waals surface area contributed by atoms with E-state index in [0.29, 0.717) is 23.4 Å². The molecule has 0 aliphatic carbocycles. The van der Waals surface area contributed by atoms with E-state index < -0.39 is 0 Å². The average Bonchev–Trinajstić information content (AvgIpc) is 2.88. The molecule has 2 aromatic rings. The van der Waals surface area contributed by atoms with Crippen LogP contribution in [0.5, 0.6) is 5.75 Å². The van der Waals surface area contributed by atoms with Crippen LogP contribution in [0.25, 0.3) is 0 Å². The first-order valence-corrected chi connectivity index (χ1v) is 6.80. The molecule has 2 N–H and O–H groups in total. The number of anilines is 1. The standard InChI is InChI=1S/C15H12BrNO2/c16-12-3-1-11(8-13(12)17)15(18)10-2-4-14-9(7-10)5-6-19-14/h1-4,7-8H,5-6,17H2.